The van der Waals surface area contributed by atoms with E-state index in [-0.39, 0.29) is 0 Å². The van der Waals surface area contributed by atoms with Crippen LogP contribution in [0.3, 0.4) is 0 Å². The zero-order valence-corrected chi connectivity index (χ0v) is 9.24. The number of aryl methyl sites for hydroxylation is 1. The highest BCUT2D eigenvalue weighted by molar-refractivity contribution is 5.61. The molecule has 2 heterocycles. The van der Waals surface area contributed by atoms with E-state index in [1.165, 1.54) is 36.2 Å². The Morgan fingerprint density at radius 3 is 3.13 bits per heavy atom. The molecule has 0 bridgehead atoms. The van der Waals surface area contributed by atoms with Gasteiger partial charge in [0.1, 0.15) is 0 Å². The number of piperidine rings is 1. The summed E-state index contributed by atoms with van der Waals surface area (Å²) in [5.41, 5.74) is 10.5. The van der Waals surface area contributed by atoms with Crippen LogP contribution in [-0.2, 0) is 6.42 Å². The van der Waals surface area contributed by atoms with Gasteiger partial charge in [-0.2, -0.15) is 0 Å². The van der Waals surface area contributed by atoms with E-state index in [0.29, 0.717) is 12.1 Å². The number of nitrogens with two attached hydrogens (primary N) is 1. The van der Waals surface area contributed by atoms with Crippen molar-refractivity contribution in [3.05, 3.63) is 29.3 Å². The molecule has 0 aliphatic carbocycles. The average molecular weight is 202 g/mol. The molecule has 2 N–H and O–H groups in total. The maximum Gasteiger partial charge on any atom is 0.0482 e. The first-order valence-corrected chi connectivity index (χ1v) is 5.87. The molecule has 15 heavy (non-hydrogen) atoms. The summed E-state index contributed by atoms with van der Waals surface area (Å²) in [6.45, 7) is 3.35. The first-order valence-electron chi connectivity index (χ1n) is 5.87. The molecule has 1 aromatic rings. The van der Waals surface area contributed by atoms with Crippen molar-refractivity contribution in [2.45, 2.75) is 38.3 Å². The summed E-state index contributed by atoms with van der Waals surface area (Å²) in [7, 11) is 0. The van der Waals surface area contributed by atoms with Gasteiger partial charge in [-0.3, -0.25) is 0 Å². The Morgan fingerprint density at radius 1 is 1.40 bits per heavy atom. The standard InChI is InChI=1S/C13H18N2/c1-9-4-5-10-8-13-11(14)3-2-6-15(13)12(10)7-9/h4-5,7,11,13H,2-3,6,8,14H2,1H3. The van der Waals surface area contributed by atoms with Crippen LogP contribution in [0.1, 0.15) is 24.0 Å². The molecule has 2 atom stereocenters. The lowest BCUT2D eigenvalue weighted by molar-refractivity contribution is 0.415. The molecule has 0 spiro atoms. The fraction of sp³-hybridized carbons (Fsp3) is 0.538. The molecule has 1 saturated heterocycles. The predicted octanol–water partition coefficient (Wildman–Crippen LogP) is 1.85. The van der Waals surface area contributed by atoms with E-state index in [4.69, 9.17) is 5.73 Å². The van der Waals surface area contributed by atoms with Crippen LogP contribution in [-0.4, -0.2) is 18.6 Å². The van der Waals surface area contributed by atoms with Crippen molar-refractivity contribution in [3.8, 4) is 0 Å². The lowest BCUT2D eigenvalue weighted by Gasteiger charge is -2.36. The maximum absolute atomic E-state index is 6.20. The summed E-state index contributed by atoms with van der Waals surface area (Å²) >= 11 is 0. The quantitative estimate of drug-likeness (QED) is 0.695. The number of fused-ring (bicyclic) bond motifs is 3. The Balaban J connectivity index is 2.01. The van der Waals surface area contributed by atoms with E-state index in [1.807, 2.05) is 0 Å². The van der Waals surface area contributed by atoms with Gasteiger partial charge in [0.2, 0.25) is 0 Å². The Labute approximate surface area is 91.1 Å². The largest absolute Gasteiger partial charge is 0.366 e. The molecule has 0 amide bonds. The van der Waals surface area contributed by atoms with Gasteiger partial charge in [0.15, 0.2) is 0 Å². The highest BCUT2D eigenvalue weighted by Gasteiger charge is 2.35. The number of nitrogens with zero attached hydrogens (tertiary/aromatic N) is 1. The van der Waals surface area contributed by atoms with Gasteiger partial charge in [-0.25, -0.2) is 0 Å². The maximum atomic E-state index is 6.20. The third-order valence-electron chi connectivity index (χ3n) is 3.81. The molecule has 2 unspecified atom stereocenters. The van der Waals surface area contributed by atoms with Gasteiger partial charge >= 0.3 is 0 Å². The minimum Gasteiger partial charge on any atom is -0.366 e. The van der Waals surface area contributed by atoms with Crippen LogP contribution < -0.4 is 10.6 Å². The third-order valence-corrected chi connectivity index (χ3v) is 3.81. The first kappa shape index (κ1) is 9.22. The van der Waals surface area contributed by atoms with Crippen molar-refractivity contribution >= 4 is 5.69 Å². The summed E-state index contributed by atoms with van der Waals surface area (Å²) in [4.78, 5) is 2.52. The molecule has 0 saturated carbocycles. The fourth-order valence-electron chi connectivity index (χ4n) is 2.99. The van der Waals surface area contributed by atoms with Crippen LogP contribution >= 0.6 is 0 Å². The molecule has 0 aromatic heterocycles. The molecule has 2 nitrogen and oxygen atoms in total. The number of hydrogen-bond acceptors (Lipinski definition) is 2. The summed E-state index contributed by atoms with van der Waals surface area (Å²) in [6.07, 6.45) is 3.58. The van der Waals surface area contributed by atoms with E-state index < -0.39 is 0 Å². The Bertz CT molecular complexity index is 386. The van der Waals surface area contributed by atoms with Gasteiger partial charge in [0.25, 0.3) is 0 Å². The van der Waals surface area contributed by atoms with Crippen molar-refractivity contribution in [2.75, 3.05) is 11.4 Å². The van der Waals surface area contributed by atoms with Crippen molar-refractivity contribution in [1.29, 1.82) is 0 Å². The molecule has 2 aliphatic rings. The molecule has 2 aliphatic heterocycles. The van der Waals surface area contributed by atoms with Crippen LogP contribution in [0.4, 0.5) is 5.69 Å². The SMILES string of the molecule is Cc1ccc2c(c1)N1CCCC(N)C1C2. The molecule has 1 fully saturated rings. The van der Waals surface area contributed by atoms with E-state index in [9.17, 15) is 0 Å². The normalized spacial score (nSPS) is 28.8. The van der Waals surface area contributed by atoms with Crippen LogP contribution in [0.2, 0.25) is 0 Å². The number of hydrogen-bond donors (Lipinski definition) is 1. The van der Waals surface area contributed by atoms with Crippen LogP contribution in [0.15, 0.2) is 18.2 Å². The van der Waals surface area contributed by atoms with Gasteiger partial charge in [0, 0.05) is 24.3 Å². The molecule has 80 valence electrons. The second-order valence-electron chi connectivity index (χ2n) is 4.90. The summed E-state index contributed by atoms with van der Waals surface area (Å²) in [5, 5.41) is 0. The zero-order valence-electron chi connectivity index (χ0n) is 9.24. The fourth-order valence-corrected chi connectivity index (χ4v) is 2.99. The minimum atomic E-state index is 0.367. The van der Waals surface area contributed by atoms with E-state index in [0.717, 1.165) is 6.42 Å². The minimum absolute atomic E-state index is 0.367. The van der Waals surface area contributed by atoms with Crippen LogP contribution in [0.5, 0.6) is 0 Å². The van der Waals surface area contributed by atoms with Gasteiger partial charge in [0.05, 0.1) is 0 Å². The first-order chi connectivity index (χ1) is 7.25. The van der Waals surface area contributed by atoms with Gasteiger partial charge in [-0.15, -0.1) is 0 Å². The molecular formula is C13H18N2. The summed E-state index contributed by atoms with van der Waals surface area (Å²) < 4.78 is 0. The Kier molecular flexibility index (Phi) is 1.99. The topological polar surface area (TPSA) is 29.3 Å². The van der Waals surface area contributed by atoms with E-state index in [1.54, 1.807) is 0 Å². The molecule has 2 heteroatoms. The molecule has 3 rings (SSSR count). The van der Waals surface area contributed by atoms with Crippen LogP contribution in [0, 0.1) is 6.92 Å². The van der Waals surface area contributed by atoms with Crippen molar-refractivity contribution < 1.29 is 0 Å². The third kappa shape index (κ3) is 1.36. The predicted molar refractivity (Wildman–Crippen MR) is 63.2 cm³/mol. The molecule has 0 radical (unpaired) electrons. The summed E-state index contributed by atoms with van der Waals surface area (Å²) in [6, 6.07) is 7.73. The number of rotatable bonds is 0. The molecular weight excluding hydrogens is 184 g/mol. The smallest absolute Gasteiger partial charge is 0.0482 e. The van der Waals surface area contributed by atoms with Crippen molar-refractivity contribution in [2.24, 2.45) is 5.73 Å². The summed E-state index contributed by atoms with van der Waals surface area (Å²) in [5.74, 6) is 0. The van der Waals surface area contributed by atoms with E-state index >= 15 is 0 Å². The van der Waals surface area contributed by atoms with Crippen LogP contribution in [0.25, 0.3) is 0 Å². The highest BCUT2D eigenvalue weighted by Crippen LogP contribution is 2.36. The number of anilines is 1. The lowest BCUT2D eigenvalue weighted by atomic mass is 9.96. The van der Waals surface area contributed by atoms with Crippen molar-refractivity contribution in [3.63, 3.8) is 0 Å². The van der Waals surface area contributed by atoms with Gasteiger partial charge < -0.3 is 10.6 Å². The van der Waals surface area contributed by atoms with Gasteiger partial charge in [-0.1, -0.05) is 12.1 Å². The number of benzene rings is 1. The second kappa shape index (κ2) is 3.24. The van der Waals surface area contributed by atoms with Crippen molar-refractivity contribution in [1.82, 2.24) is 0 Å². The van der Waals surface area contributed by atoms with Gasteiger partial charge in [-0.05, 0) is 43.4 Å². The monoisotopic (exact) mass is 202 g/mol. The second-order valence-corrected chi connectivity index (χ2v) is 4.90. The Morgan fingerprint density at radius 2 is 2.27 bits per heavy atom. The zero-order chi connectivity index (χ0) is 10.4. The lowest BCUT2D eigenvalue weighted by Crippen LogP contribution is -2.50. The molecule has 1 aromatic carbocycles. The average Bonchev–Trinajstić information content (AvgIpc) is 2.58. The highest BCUT2D eigenvalue weighted by atomic mass is 15.2. The Hall–Kier alpha value is -1.02. The van der Waals surface area contributed by atoms with E-state index in [2.05, 4.69) is 30.0 Å².